The number of pyridine rings is 2. The van der Waals surface area contributed by atoms with Crippen molar-refractivity contribution in [2.75, 3.05) is 18.4 Å². The Morgan fingerprint density at radius 1 is 1.28 bits per heavy atom. The van der Waals surface area contributed by atoms with Crippen LogP contribution in [0.4, 0.5) is 5.82 Å². The number of nitrogens with one attached hydrogen (secondary N) is 2. The Hall–Kier alpha value is -2.44. The monoisotopic (exact) mass is 337 g/mol. The molecule has 6 heteroatoms. The van der Waals surface area contributed by atoms with E-state index < -0.39 is 5.60 Å². The van der Waals surface area contributed by atoms with Crippen LogP contribution in [-0.4, -0.2) is 38.6 Å². The second-order valence-corrected chi connectivity index (χ2v) is 7.09. The van der Waals surface area contributed by atoms with E-state index in [1.807, 2.05) is 47.1 Å². The molecule has 0 amide bonds. The van der Waals surface area contributed by atoms with Gasteiger partial charge in [-0.15, -0.1) is 0 Å². The lowest BCUT2D eigenvalue weighted by atomic mass is 10.0. The second kappa shape index (κ2) is 6.13. The highest BCUT2D eigenvalue weighted by atomic mass is 16.3. The average molecular weight is 337 g/mol. The molecule has 0 bridgehead atoms. The summed E-state index contributed by atoms with van der Waals surface area (Å²) in [6.07, 6.45) is 4.86. The maximum absolute atomic E-state index is 10.3. The van der Waals surface area contributed by atoms with E-state index in [0.717, 1.165) is 47.9 Å². The van der Waals surface area contributed by atoms with E-state index in [4.69, 9.17) is 4.98 Å². The minimum absolute atomic E-state index is 0.423. The van der Waals surface area contributed by atoms with Crippen molar-refractivity contribution in [3.63, 3.8) is 0 Å². The third-order valence-electron chi connectivity index (χ3n) is 4.64. The lowest BCUT2D eigenvalue weighted by Gasteiger charge is -2.18. The topological polar surface area (TPSA) is 74.5 Å². The SMILES string of the molecule is CC(C)(O)c1ccc2ncc(-c3cccc(NC4CCNC4)n3)n2c1. The third kappa shape index (κ3) is 3.23. The number of imidazole rings is 1. The smallest absolute Gasteiger partial charge is 0.137 e. The van der Waals surface area contributed by atoms with Crippen LogP contribution in [0, 0.1) is 0 Å². The summed E-state index contributed by atoms with van der Waals surface area (Å²) in [5, 5.41) is 17.1. The summed E-state index contributed by atoms with van der Waals surface area (Å²) >= 11 is 0. The Labute approximate surface area is 146 Å². The van der Waals surface area contributed by atoms with Crippen LogP contribution in [0.5, 0.6) is 0 Å². The highest BCUT2D eigenvalue weighted by Crippen LogP contribution is 2.25. The van der Waals surface area contributed by atoms with Gasteiger partial charge >= 0.3 is 0 Å². The molecule has 130 valence electrons. The van der Waals surface area contributed by atoms with Crippen LogP contribution in [0.15, 0.2) is 42.7 Å². The van der Waals surface area contributed by atoms with Crippen LogP contribution in [0.2, 0.25) is 0 Å². The fourth-order valence-electron chi connectivity index (χ4n) is 3.18. The number of aliphatic hydroxyl groups is 1. The van der Waals surface area contributed by atoms with Crippen LogP contribution in [0.25, 0.3) is 17.0 Å². The molecule has 1 atom stereocenters. The molecule has 3 N–H and O–H groups in total. The summed E-state index contributed by atoms with van der Waals surface area (Å²) in [5.74, 6) is 0.875. The molecule has 4 rings (SSSR count). The Morgan fingerprint density at radius 3 is 2.92 bits per heavy atom. The summed E-state index contributed by atoms with van der Waals surface area (Å²) in [4.78, 5) is 9.22. The molecule has 6 nitrogen and oxygen atoms in total. The van der Waals surface area contributed by atoms with Crippen LogP contribution in [0.1, 0.15) is 25.8 Å². The summed E-state index contributed by atoms with van der Waals surface area (Å²) in [6, 6.07) is 10.2. The Balaban J connectivity index is 1.71. The van der Waals surface area contributed by atoms with Gasteiger partial charge in [-0.1, -0.05) is 12.1 Å². The van der Waals surface area contributed by atoms with Gasteiger partial charge in [0, 0.05) is 18.8 Å². The summed E-state index contributed by atoms with van der Waals surface area (Å²) in [7, 11) is 0. The van der Waals surface area contributed by atoms with Crippen LogP contribution in [0.3, 0.4) is 0 Å². The molecule has 1 aliphatic rings. The van der Waals surface area contributed by atoms with Crippen molar-refractivity contribution in [3.05, 3.63) is 48.3 Å². The van der Waals surface area contributed by atoms with Gasteiger partial charge < -0.3 is 15.7 Å². The minimum Gasteiger partial charge on any atom is -0.386 e. The summed E-state index contributed by atoms with van der Waals surface area (Å²) < 4.78 is 1.98. The van der Waals surface area contributed by atoms with Gasteiger partial charge in [-0.2, -0.15) is 0 Å². The number of fused-ring (bicyclic) bond motifs is 1. The molecule has 3 aromatic heterocycles. The number of anilines is 1. The zero-order chi connectivity index (χ0) is 17.4. The van der Waals surface area contributed by atoms with Crippen LogP contribution >= 0.6 is 0 Å². The fourth-order valence-corrected chi connectivity index (χ4v) is 3.18. The molecule has 0 aliphatic carbocycles. The van der Waals surface area contributed by atoms with E-state index in [0.29, 0.717) is 6.04 Å². The Kier molecular flexibility index (Phi) is 3.94. The number of aromatic nitrogens is 3. The molecule has 4 heterocycles. The van der Waals surface area contributed by atoms with Gasteiger partial charge in [0.25, 0.3) is 0 Å². The number of hydrogen-bond acceptors (Lipinski definition) is 5. The fraction of sp³-hybridized carbons (Fsp3) is 0.368. The highest BCUT2D eigenvalue weighted by Gasteiger charge is 2.18. The molecule has 0 aromatic carbocycles. The Bertz CT molecular complexity index is 890. The van der Waals surface area contributed by atoms with Crippen molar-refractivity contribution in [2.24, 2.45) is 0 Å². The van der Waals surface area contributed by atoms with Crippen LogP contribution < -0.4 is 10.6 Å². The van der Waals surface area contributed by atoms with Gasteiger partial charge in [0.05, 0.1) is 23.2 Å². The molecule has 0 spiro atoms. The standard InChI is InChI=1S/C19H23N5O/c1-19(2,25)13-6-7-18-21-11-16(24(18)12-13)15-4-3-5-17(23-15)22-14-8-9-20-10-14/h3-7,11-12,14,20,25H,8-10H2,1-2H3,(H,22,23). The molecular weight excluding hydrogens is 314 g/mol. The summed E-state index contributed by atoms with van der Waals surface area (Å²) in [6.45, 7) is 5.58. The Morgan fingerprint density at radius 2 is 2.16 bits per heavy atom. The number of hydrogen-bond donors (Lipinski definition) is 3. The van der Waals surface area contributed by atoms with E-state index in [2.05, 4.69) is 15.6 Å². The van der Waals surface area contributed by atoms with Gasteiger partial charge in [-0.05, 0) is 50.6 Å². The first kappa shape index (κ1) is 16.1. The van der Waals surface area contributed by atoms with Gasteiger partial charge in [-0.3, -0.25) is 4.40 Å². The maximum Gasteiger partial charge on any atom is 0.137 e. The number of rotatable bonds is 4. The second-order valence-electron chi connectivity index (χ2n) is 7.09. The van der Waals surface area contributed by atoms with Gasteiger partial charge in [0.2, 0.25) is 0 Å². The molecule has 1 aliphatic heterocycles. The molecule has 0 radical (unpaired) electrons. The van der Waals surface area contributed by atoms with E-state index in [1.54, 1.807) is 13.8 Å². The van der Waals surface area contributed by atoms with E-state index >= 15 is 0 Å². The predicted octanol–water partition coefficient (Wildman–Crippen LogP) is 2.40. The first-order chi connectivity index (χ1) is 12.0. The van der Waals surface area contributed by atoms with Gasteiger partial charge in [-0.25, -0.2) is 9.97 Å². The average Bonchev–Trinajstić information content (AvgIpc) is 3.23. The van der Waals surface area contributed by atoms with Crippen LogP contribution in [-0.2, 0) is 5.60 Å². The molecule has 1 unspecified atom stereocenters. The first-order valence-corrected chi connectivity index (χ1v) is 8.65. The third-order valence-corrected chi connectivity index (χ3v) is 4.64. The highest BCUT2D eigenvalue weighted by molar-refractivity contribution is 5.62. The predicted molar refractivity (Wildman–Crippen MR) is 98.6 cm³/mol. The van der Waals surface area contributed by atoms with Gasteiger partial charge in [0.15, 0.2) is 0 Å². The first-order valence-electron chi connectivity index (χ1n) is 8.65. The maximum atomic E-state index is 10.3. The lowest BCUT2D eigenvalue weighted by molar-refractivity contribution is 0.0782. The quantitative estimate of drug-likeness (QED) is 0.682. The van der Waals surface area contributed by atoms with E-state index in [1.165, 1.54) is 0 Å². The molecule has 3 aromatic rings. The van der Waals surface area contributed by atoms with Crippen molar-refractivity contribution in [3.8, 4) is 11.4 Å². The molecule has 1 saturated heterocycles. The van der Waals surface area contributed by atoms with Crippen molar-refractivity contribution in [1.29, 1.82) is 0 Å². The van der Waals surface area contributed by atoms with Crippen molar-refractivity contribution in [1.82, 2.24) is 19.7 Å². The molecule has 25 heavy (non-hydrogen) atoms. The van der Waals surface area contributed by atoms with E-state index in [9.17, 15) is 5.11 Å². The largest absolute Gasteiger partial charge is 0.386 e. The minimum atomic E-state index is -0.901. The molecule has 0 saturated carbocycles. The lowest BCUT2D eigenvalue weighted by Crippen LogP contribution is -2.22. The van der Waals surface area contributed by atoms with E-state index in [-0.39, 0.29) is 0 Å². The zero-order valence-electron chi connectivity index (χ0n) is 14.5. The molecule has 1 fully saturated rings. The van der Waals surface area contributed by atoms with Crippen molar-refractivity contribution >= 4 is 11.5 Å². The molecular formula is C19H23N5O. The zero-order valence-corrected chi connectivity index (χ0v) is 14.5. The number of nitrogens with zero attached hydrogens (tertiary/aromatic N) is 3. The summed E-state index contributed by atoms with van der Waals surface area (Å²) in [5.41, 5.74) is 2.54. The normalized spacial score (nSPS) is 18.0. The van der Waals surface area contributed by atoms with Crippen molar-refractivity contribution < 1.29 is 5.11 Å². The van der Waals surface area contributed by atoms with Crippen molar-refractivity contribution in [2.45, 2.75) is 31.9 Å². The van der Waals surface area contributed by atoms with Gasteiger partial charge in [0.1, 0.15) is 11.5 Å².